The molecule has 5 heteroatoms. The maximum Gasteiger partial charge on any atom is 0.194 e. The molecule has 0 radical (unpaired) electrons. The van der Waals surface area contributed by atoms with Gasteiger partial charge in [-0.2, -0.15) is 0 Å². The topological polar surface area (TPSA) is 45.4 Å². The van der Waals surface area contributed by atoms with Crippen molar-refractivity contribution in [3.05, 3.63) is 90.0 Å². The molecular formula is C22H27N5. The molecule has 0 saturated heterocycles. The standard InChI is InChI=1S/C22H27N5/c1-26(2)22(24-17-20-11-7-4-8-12-20)25-18-21-23-14-16-27(21)15-13-19-9-5-3-6-10-19/h3-12,14,16H,13,15,17-18H2,1-2H3,(H,24,25). The van der Waals surface area contributed by atoms with Crippen molar-refractivity contribution in [2.75, 3.05) is 14.1 Å². The maximum absolute atomic E-state index is 4.71. The summed E-state index contributed by atoms with van der Waals surface area (Å²) >= 11 is 0. The van der Waals surface area contributed by atoms with Crippen LogP contribution >= 0.6 is 0 Å². The first-order valence-electron chi connectivity index (χ1n) is 9.26. The third-order valence-electron chi connectivity index (χ3n) is 4.37. The molecule has 2 aromatic carbocycles. The Morgan fingerprint density at radius 2 is 1.67 bits per heavy atom. The highest BCUT2D eigenvalue weighted by Gasteiger charge is 2.06. The minimum atomic E-state index is 0.646. The highest BCUT2D eigenvalue weighted by molar-refractivity contribution is 5.79. The van der Waals surface area contributed by atoms with Crippen molar-refractivity contribution < 1.29 is 0 Å². The van der Waals surface area contributed by atoms with Crippen molar-refractivity contribution in [3.63, 3.8) is 0 Å². The van der Waals surface area contributed by atoms with E-state index >= 15 is 0 Å². The monoisotopic (exact) mass is 361 g/mol. The van der Waals surface area contributed by atoms with Gasteiger partial charge < -0.3 is 14.8 Å². The first kappa shape index (κ1) is 18.7. The Hall–Kier alpha value is -3.08. The molecule has 0 saturated carbocycles. The fourth-order valence-electron chi connectivity index (χ4n) is 2.87. The van der Waals surface area contributed by atoms with E-state index in [1.165, 1.54) is 11.1 Å². The van der Waals surface area contributed by atoms with Crippen molar-refractivity contribution in [1.82, 2.24) is 19.8 Å². The van der Waals surface area contributed by atoms with Crippen molar-refractivity contribution in [3.8, 4) is 0 Å². The molecule has 0 amide bonds. The van der Waals surface area contributed by atoms with Crippen molar-refractivity contribution >= 4 is 5.96 Å². The van der Waals surface area contributed by atoms with Crippen LogP contribution in [0, 0.1) is 0 Å². The van der Waals surface area contributed by atoms with E-state index < -0.39 is 0 Å². The number of nitrogens with zero attached hydrogens (tertiary/aromatic N) is 4. The molecular weight excluding hydrogens is 334 g/mol. The number of aromatic nitrogens is 2. The SMILES string of the molecule is CN(C)C(=NCc1ccccc1)NCc1nccn1CCc1ccccc1. The zero-order chi connectivity index (χ0) is 18.9. The normalized spacial score (nSPS) is 11.4. The second-order valence-corrected chi connectivity index (χ2v) is 6.65. The fraction of sp³-hybridized carbons (Fsp3) is 0.273. The van der Waals surface area contributed by atoms with Gasteiger partial charge in [-0.25, -0.2) is 9.98 Å². The van der Waals surface area contributed by atoms with Crippen LogP contribution in [-0.4, -0.2) is 34.5 Å². The Labute approximate surface area is 161 Å². The first-order valence-corrected chi connectivity index (χ1v) is 9.26. The van der Waals surface area contributed by atoms with Gasteiger partial charge >= 0.3 is 0 Å². The van der Waals surface area contributed by atoms with Gasteiger partial charge in [0.1, 0.15) is 5.82 Å². The molecule has 0 fully saturated rings. The molecule has 1 aromatic heterocycles. The van der Waals surface area contributed by atoms with Gasteiger partial charge in [-0.3, -0.25) is 0 Å². The van der Waals surface area contributed by atoms with Crippen LogP contribution in [0.4, 0.5) is 0 Å². The number of imidazole rings is 1. The van der Waals surface area contributed by atoms with Crippen molar-refractivity contribution in [1.29, 1.82) is 0 Å². The quantitative estimate of drug-likeness (QED) is 0.519. The lowest BCUT2D eigenvalue weighted by atomic mass is 10.1. The van der Waals surface area contributed by atoms with Crippen LogP contribution in [-0.2, 0) is 26.1 Å². The smallest absolute Gasteiger partial charge is 0.194 e. The number of aliphatic imine (C=N–C) groups is 1. The van der Waals surface area contributed by atoms with Crippen molar-refractivity contribution in [2.24, 2.45) is 4.99 Å². The zero-order valence-electron chi connectivity index (χ0n) is 16.0. The Bertz CT molecular complexity index is 837. The molecule has 0 spiro atoms. The van der Waals surface area contributed by atoms with E-state index in [2.05, 4.69) is 51.3 Å². The number of aryl methyl sites for hydroxylation is 2. The molecule has 27 heavy (non-hydrogen) atoms. The van der Waals surface area contributed by atoms with E-state index in [1.54, 1.807) is 0 Å². The van der Waals surface area contributed by atoms with Gasteiger partial charge in [0.15, 0.2) is 5.96 Å². The molecule has 0 aliphatic heterocycles. The van der Waals surface area contributed by atoms with Crippen LogP contribution in [0.15, 0.2) is 78.0 Å². The van der Waals surface area contributed by atoms with E-state index in [0.717, 1.165) is 24.7 Å². The Morgan fingerprint density at radius 1 is 1.00 bits per heavy atom. The number of rotatable bonds is 7. The number of guanidine groups is 1. The predicted molar refractivity (Wildman–Crippen MR) is 110 cm³/mol. The van der Waals surface area contributed by atoms with E-state index in [0.29, 0.717) is 13.1 Å². The Balaban J connectivity index is 1.58. The summed E-state index contributed by atoms with van der Waals surface area (Å²) in [6, 6.07) is 20.8. The summed E-state index contributed by atoms with van der Waals surface area (Å²) in [5, 5.41) is 3.42. The molecule has 0 bridgehead atoms. The van der Waals surface area contributed by atoms with Crippen LogP contribution in [0.1, 0.15) is 17.0 Å². The summed E-state index contributed by atoms with van der Waals surface area (Å²) in [4.78, 5) is 11.2. The lowest BCUT2D eigenvalue weighted by molar-refractivity contribution is 0.565. The second kappa shape index (κ2) is 9.57. The van der Waals surface area contributed by atoms with Gasteiger partial charge in [-0.15, -0.1) is 0 Å². The fourth-order valence-corrected chi connectivity index (χ4v) is 2.87. The van der Waals surface area contributed by atoms with Gasteiger partial charge in [0.05, 0.1) is 13.1 Å². The van der Waals surface area contributed by atoms with Gasteiger partial charge in [0.25, 0.3) is 0 Å². The molecule has 0 atom stereocenters. The molecule has 0 unspecified atom stereocenters. The molecule has 0 aliphatic rings. The Kier molecular flexibility index (Phi) is 6.63. The van der Waals surface area contributed by atoms with E-state index in [1.807, 2.05) is 55.7 Å². The largest absolute Gasteiger partial charge is 0.349 e. The third-order valence-corrected chi connectivity index (χ3v) is 4.37. The van der Waals surface area contributed by atoms with Crippen LogP contribution in [0.5, 0.6) is 0 Å². The summed E-state index contributed by atoms with van der Waals surface area (Å²) in [5.74, 6) is 1.87. The van der Waals surface area contributed by atoms with Gasteiger partial charge in [0, 0.05) is 33.0 Å². The summed E-state index contributed by atoms with van der Waals surface area (Å²) < 4.78 is 2.20. The predicted octanol–water partition coefficient (Wildman–Crippen LogP) is 3.33. The molecule has 3 aromatic rings. The van der Waals surface area contributed by atoms with Crippen LogP contribution in [0.2, 0.25) is 0 Å². The zero-order valence-corrected chi connectivity index (χ0v) is 16.0. The van der Waals surface area contributed by atoms with Gasteiger partial charge in [0.2, 0.25) is 0 Å². The average Bonchev–Trinajstić information content (AvgIpc) is 3.15. The lowest BCUT2D eigenvalue weighted by Gasteiger charge is -2.18. The van der Waals surface area contributed by atoms with Crippen LogP contribution in [0.3, 0.4) is 0 Å². The summed E-state index contributed by atoms with van der Waals surface area (Å²) in [6.07, 6.45) is 4.89. The highest BCUT2D eigenvalue weighted by Crippen LogP contribution is 2.05. The second-order valence-electron chi connectivity index (χ2n) is 6.65. The number of nitrogens with one attached hydrogen (secondary N) is 1. The Morgan fingerprint density at radius 3 is 2.33 bits per heavy atom. The number of hydrogen-bond donors (Lipinski definition) is 1. The first-order chi connectivity index (χ1) is 13.2. The highest BCUT2D eigenvalue weighted by atomic mass is 15.3. The third kappa shape index (κ3) is 5.71. The lowest BCUT2D eigenvalue weighted by Crippen LogP contribution is -2.36. The summed E-state index contributed by atoms with van der Waals surface area (Å²) in [7, 11) is 4.00. The van der Waals surface area contributed by atoms with E-state index in [-0.39, 0.29) is 0 Å². The van der Waals surface area contributed by atoms with Gasteiger partial charge in [-0.1, -0.05) is 60.7 Å². The van der Waals surface area contributed by atoms with Crippen LogP contribution in [0.25, 0.3) is 0 Å². The van der Waals surface area contributed by atoms with E-state index in [9.17, 15) is 0 Å². The maximum atomic E-state index is 4.71. The van der Waals surface area contributed by atoms with Crippen molar-refractivity contribution in [2.45, 2.75) is 26.1 Å². The minimum absolute atomic E-state index is 0.646. The van der Waals surface area contributed by atoms with Gasteiger partial charge in [-0.05, 0) is 17.5 Å². The van der Waals surface area contributed by atoms with E-state index in [4.69, 9.17) is 4.99 Å². The summed E-state index contributed by atoms with van der Waals surface area (Å²) in [6.45, 7) is 2.22. The average molecular weight is 361 g/mol. The minimum Gasteiger partial charge on any atom is -0.349 e. The van der Waals surface area contributed by atoms with Crippen LogP contribution < -0.4 is 5.32 Å². The summed E-state index contributed by atoms with van der Waals surface area (Å²) in [5.41, 5.74) is 2.53. The molecule has 1 N–H and O–H groups in total. The molecule has 140 valence electrons. The number of hydrogen-bond acceptors (Lipinski definition) is 2. The molecule has 3 rings (SSSR count). The molecule has 1 heterocycles. The number of benzene rings is 2. The molecule has 5 nitrogen and oxygen atoms in total. The molecule has 0 aliphatic carbocycles.